The van der Waals surface area contributed by atoms with Crippen LogP contribution >= 0.6 is 11.3 Å². The van der Waals surface area contributed by atoms with Gasteiger partial charge in [0.2, 0.25) is 5.92 Å². The van der Waals surface area contributed by atoms with E-state index in [0.29, 0.717) is 62.2 Å². The molecule has 2 amide bonds. The fourth-order valence-corrected chi connectivity index (χ4v) is 5.79. The lowest BCUT2D eigenvalue weighted by atomic mass is 9.86. The number of rotatable bonds is 4. The van der Waals surface area contributed by atoms with Gasteiger partial charge in [-0.2, -0.15) is 4.98 Å². The van der Waals surface area contributed by atoms with Crippen LogP contribution in [0.25, 0.3) is 0 Å². The van der Waals surface area contributed by atoms with Crippen LogP contribution in [0.3, 0.4) is 0 Å². The predicted octanol–water partition coefficient (Wildman–Crippen LogP) is 3.81. The van der Waals surface area contributed by atoms with Crippen LogP contribution in [0.2, 0.25) is 0 Å². The van der Waals surface area contributed by atoms with Crippen LogP contribution in [0.1, 0.15) is 73.7 Å². The second-order valence-corrected chi connectivity index (χ2v) is 10.3. The molecule has 12 heteroatoms. The number of carbonyl (C=O) groups is 1. The third-order valence-electron chi connectivity index (χ3n) is 6.77. The summed E-state index contributed by atoms with van der Waals surface area (Å²) in [5.74, 6) is -2.17. The quantitative estimate of drug-likeness (QED) is 0.607. The number of alkyl halides is 2. The van der Waals surface area contributed by atoms with Gasteiger partial charge >= 0.3 is 12.0 Å². The van der Waals surface area contributed by atoms with Gasteiger partial charge in [-0.15, -0.1) is 0 Å². The number of nitrogens with zero attached hydrogens (tertiary/aromatic N) is 4. The molecule has 0 bridgehead atoms. The smallest absolute Gasteiger partial charge is 0.324 e. The van der Waals surface area contributed by atoms with Crippen LogP contribution < -0.4 is 15.5 Å². The Labute approximate surface area is 194 Å². The molecule has 0 radical (unpaired) electrons. The van der Waals surface area contributed by atoms with Gasteiger partial charge < -0.3 is 19.8 Å². The molecule has 2 fully saturated rings. The molecular formula is C21H28F2N6O3S. The Balaban J connectivity index is 1.16. The Hall–Kier alpha value is -2.34. The summed E-state index contributed by atoms with van der Waals surface area (Å²) in [6.07, 6.45) is 3.83. The fraction of sp³-hybridized carbons (Fsp3) is 0.714. The van der Waals surface area contributed by atoms with Gasteiger partial charge in [-0.1, -0.05) is 16.5 Å². The van der Waals surface area contributed by atoms with Crippen molar-refractivity contribution in [3.05, 3.63) is 16.4 Å². The van der Waals surface area contributed by atoms with Crippen molar-refractivity contribution in [3.8, 4) is 0 Å². The highest BCUT2D eigenvalue weighted by Crippen LogP contribution is 2.40. The molecule has 9 nitrogen and oxygen atoms in total. The SMILES string of the molecule is O=C(Nc1nc2c(s1)CN(c1nc(C3CCC(F)(F)CC3)no1)CC2)N[C@H]1CC[C@H](O)CC1. The third-order valence-corrected chi connectivity index (χ3v) is 7.77. The summed E-state index contributed by atoms with van der Waals surface area (Å²) < 4.78 is 32.3. The van der Waals surface area contributed by atoms with Crippen molar-refractivity contribution in [1.29, 1.82) is 0 Å². The molecule has 0 spiro atoms. The number of nitrogens with one attached hydrogen (secondary N) is 2. The lowest BCUT2D eigenvalue weighted by Gasteiger charge is -2.26. The highest BCUT2D eigenvalue weighted by molar-refractivity contribution is 7.15. The summed E-state index contributed by atoms with van der Waals surface area (Å²) in [6, 6.07) is 0.188. The van der Waals surface area contributed by atoms with E-state index in [2.05, 4.69) is 25.8 Å². The average molecular weight is 483 g/mol. The van der Waals surface area contributed by atoms with E-state index in [0.717, 1.165) is 23.4 Å². The minimum Gasteiger partial charge on any atom is -0.393 e. The van der Waals surface area contributed by atoms with E-state index < -0.39 is 5.92 Å². The summed E-state index contributed by atoms with van der Waals surface area (Å²) in [5, 5.41) is 20.0. The van der Waals surface area contributed by atoms with Crippen molar-refractivity contribution in [3.63, 3.8) is 0 Å². The van der Waals surface area contributed by atoms with E-state index in [1.165, 1.54) is 11.3 Å². The Morgan fingerprint density at radius 2 is 1.91 bits per heavy atom. The Morgan fingerprint density at radius 1 is 1.15 bits per heavy atom. The largest absolute Gasteiger partial charge is 0.393 e. The van der Waals surface area contributed by atoms with E-state index in [4.69, 9.17) is 4.52 Å². The molecule has 2 aliphatic carbocycles. The first kappa shape index (κ1) is 22.5. The van der Waals surface area contributed by atoms with Crippen molar-refractivity contribution < 1.29 is 23.2 Å². The van der Waals surface area contributed by atoms with Crippen LogP contribution in [0.15, 0.2) is 4.52 Å². The predicted molar refractivity (Wildman–Crippen MR) is 118 cm³/mol. The normalized spacial score (nSPS) is 25.5. The number of hydrogen-bond donors (Lipinski definition) is 3. The molecule has 2 aromatic heterocycles. The standard InChI is InChI=1S/C21H28F2N6O3S/c22-21(23)8-5-12(6-9-21)17-26-20(32-28-17)29-10-7-15-16(11-29)33-19(25-15)27-18(31)24-13-1-3-14(30)4-2-13/h12-14,30H,1-11H2,(H2,24,25,27,31)/t13-,14-. The summed E-state index contributed by atoms with van der Waals surface area (Å²) >= 11 is 1.42. The maximum absolute atomic E-state index is 13.4. The number of aliphatic hydroxyl groups excluding tert-OH is 1. The number of urea groups is 1. The lowest BCUT2D eigenvalue weighted by Crippen LogP contribution is -2.40. The molecule has 0 saturated heterocycles. The first-order valence-electron chi connectivity index (χ1n) is 11.6. The zero-order chi connectivity index (χ0) is 23.0. The van der Waals surface area contributed by atoms with Gasteiger partial charge in [-0.3, -0.25) is 5.32 Å². The van der Waals surface area contributed by atoms with Crippen LogP contribution in [0, 0.1) is 0 Å². The number of carbonyl (C=O) groups excluding carboxylic acids is 1. The average Bonchev–Trinajstić information content (AvgIpc) is 3.41. The summed E-state index contributed by atoms with van der Waals surface area (Å²) in [4.78, 5) is 24.4. The zero-order valence-corrected chi connectivity index (χ0v) is 19.0. The number of thiazole rings is 1. The molecule has 2 aromatic rings. The van der Waals surface area contributed by atoms with Crippen LogP contribution in [0.5, 0.6) is 0 Å². The van der Waals surface area contributed by atoms with Crippen molar-refractivity contribution in [2.75, 3.05) is 16.8 Å². The van der Waals surface area contributed by atoms with Crippen LogP contribution in [-0.2, 0) is 13.0 Å². The van der Waals surface area contributed by atoms with Crippen LogP contribution in [0.4, 0.5) is 24.7 Å². The first-order chi connectivity index (χ1) is 15.8. The monoisotopic (exact) mass is 482 g/mol. The molecule has 5 rings (SSSR count). The molecule has 0 unspecified atom stereocenters. The fourth-order valence-electron chi connectivity index (χ4n) is 4.77. The van der Waals surface area contributed by atoms with Crippen LogP contribution in [-0.4, -0.2) is 50.9 Å². The highest BCUT2D eigenvalue weighted by atomic mass is 32.1. The third kappa shape index (κ3) is 5.26. The number of fused-ring (bicyclic) bond motifs is 1. The number of aliphatic hydroxyl groups is 1. The zero-order valence-electron chi connectivity index (χ0n) is 18.2. The van der Waals surface area contributed by atoms with Crippen molar-refractivity contribution in [2.45, 2.75) is 88.3 Å². The molecule has 180 valence electrons. The highest BCUT2D eigenvalue weighted by Gasteiger charge is 2.37. The van der Waals surface area contributed by atoms with Gasteiger partial charge in [0.15, 0.2) is 11.0 Å². The maximum Gasteiger partial charge on any atom is 0.324 e. The number of halogens is 2. The first-order valence-corrected chi connectivity index (χ1v) is 12.4. The lowest BCUT2D eigenvalue weighted by molar-refractivity contribution is -0.0389. The molecular weight excluding hydrogens is 454 g/mol. The van der Waals surface area contributed by atoms with E-state index in [-0.39, 0.29) is 36.9 Å². The van der Waals surface area contributed by atoms with Gasteiger partial charge in [0.1, 0.15) is 0 Å². The van der Waals surface area contributed by atoms with Gasteiger partial charge in [-0.05, 0) is 38.5 Å². The molecule has 33 heavy (non-hydrogen) atoms. The van der Waals surface area contributed by atoms with Crippen molar-refractivity contribution >= 4 is 28.5 Å². The molecule has 3 heterocycles. The van der Waals surface area contributed by atoms with Crippen molar-refractivity contribution in [1.82, 2.24) is 20.4 Å². The second kappa shape index (κ2) is 9.13. The molecule has 2 saturated carbocycles. The Kier molecular flexibility index (Phi) is 6.21. The molecule has 3 aliphatic rings. The minimum atomic E-state index is -2.58. The second-order valence-electron chi connectivity index (χ2n) is 9.23. The number of hydrogen-bond acceptors (Lipinski definition) is 8. The summed E-state index contributed by atoms with van der Waals surface area (Å²) in [7, 11) is 0. The van der Waals surface area contributed by atoms with Gasteiger partial charge in [0, 0.05) is 42.6 Å². The van der Waals surface area contributed by atoms with Crippen molar-refractivity contribution in [2.24, 2.45) is 0 Å². The Morgan fingerprint density at radius 3 is 2.67 bits per heavy atom. The number of amides is 2. The molecule has 0 aromatic carbocycles. The molecule has 3 N–H and O–H groups in total. The maximum atomic E-state index is 13.4. The van der Waals surface area contributed by atoms with Gasteiger partial charge in [0.25, 0.3) is 0 Å². The van der Waals surface area contributed by atoms with Gasteiger partial charge in [0.05, 0.1) is 18.3 Å². The minimum absolute atomic E-state index is 0.0700. The summed E-state index contributed by atoms with van der Waals surface area (Å²) in [6.45, 7) is 1.19. The Bertz CT molecular complexity index is 981. The van der Waals surface area contributed by atoms with E-state index in [1.54, 1.807) is 0 Å². The number of anilines is 2. The number of aromatic nitrogens is 3. The summed E-state index contributed by atoms with van der Waals surface area (Å²) in [5.41, 5.74) is 0.946. The van der Waals surface area contributed by atoms with Gasteiger partial charge in [-0.25, -0.2) is 18.6 Å². The molecule has 0 atom stereocenters. The topological polar surface area (TPSA) is 116 Å². The van der Waals surface area contributed by atoms with E-state index in [9.17, 15) is 18.7 Å². The molecule has 1 aliphatic heterocycles. The van der Waals surface area contributed by atoms with E-state index in [1.807, 2.05) is 4.90 Å². The van der Waals surface area contributed by atoms with E-state index >= 15 is 0 Å².